The number of rotatable bonds is 7. The number of nitrogens with one attached hydrogen (secondary N) is 2. The SMILES string of the molecule is CNCCC1CCN(C(=O)C(NC(=O)c2ccccn2)C(C)C)CC1.Cl.Cl. The van der Waals surface area contributed by atoms with Crippen molar-refractivity contribution in [1.82, 2.24) is 20.5 Å². The van der Waals surface area contributed by atoms with Crippen LogP contribution >= 0.6 is 24.8 Å². The number of amides is 2. The van der Waals surface area contributed by atoms with E-state index in [1.807, 2.05) is 25.8 Å². The summed E-state index contributed by atoms with van der Waals surface area (Å²) in [4.78, 5) is 31.2. The van der Waals surface area contributed by atoms with Crippen LogP contribution in [0, 0.1) is 11.8 Å². The van der Waals surface area contributed by atoms with Gasteiger partial charge in [-0.3, -0.25) is 14.6 Å². The van der Waals surface area contributed by atoms with E-state index in [0.29, 0.717) is 11.6 Å². The van der Waals surface area contributed by atoms with Crippen LogP contribution in [0.3, 0.4) is 0 Å². The van der Waals surface area contributed by atoms with E-state index in [-0.39, 0.29) is 42.5 Å². The molecule has 8 heteroatoms. The average Bonchev–Trinajstić information content (AvgIpc) is 2.64. The van der Waals surface area contributed by atoms with Crippen molar-refractivity contribution in [2.24, 2.45) is 11.8 Å². The first-order valence-electron chi connectivity index (χ1n) is 9.18. The number of pyridine rings is 1. The van der Waals surface area contributed by atoms with E-state index in [1.165, 1.54) is 0 Å². The first-order valence-corrected chi connectivity index (χ1v) is 9.18. The lowest BCUT2D eigenvalue weighted by Gasteiger charge is -2.35. The van der Waals surface area contributed by atoms with Gasteiger partial charge in [0.1, 0.15) is 11.7 Å². The predicted molar refractivity (Wildman–Crippen MR) is 113 cm³/mol. The largest absolute Gasteiger partial charge is 0.341 e. The summed E-state index contributed by atoms with van der Waals surface area (Å²) < 4.78 is 0. The third kappa shape index (κ3) is 7.64. The molecule has 1 atom stereocenters. The molecule has 27 heavy (non-hydrogen) atoms. The number of hydrogen-bond acceptors (Lipinski definition) is 4. The predicted octanol–water partition coefficient (Wildman–Crippen LogP) is 2.53. The summed E-state index contributed by atoms with van der Waals surface area (Å²) in [5.74, 6) is 0.433. The Morgan fingerprint density at radius 1 is 1.22 bits per heavy atom. The zero-order valence-electron chi connectivity index (χ0n) is 16.3. The Bertz CT molecular complexity index is 564. The van der Waals surface area contributed by atoms with Gasteiger partial charge in [-0.25, -0.2) is 0 Å². The standard InChI is InChI=1S/C19H30N4O2.2ClH/c1-14(2)17(22-18(24)16-6-4-5-10-21-16)19(25)23-12-8-15(9-13-23)7-11-20-3;;/h4-6,10,14-15,17,20H,7-9,11-13H2,1-3H3,(H,22,24);2*1H. The molecule has 2 amide bonds. The fraction of sp³-hybridized carbons (Fsp3) is 0.632. The normalized spacial score (nSPS) is 15.5. The second-order valence-electron chi connectivity index (χ2n) is 7.07. The van der Waals surface area contributed by atoms with Crippen LogP contribution in [0.2, 0.25) is 0 Å². The Morgan fingerprint density at radius 2 is 1.89 bits per heavy atom. The maximum atomic E-state index is 12.9. The summed E-state index contributed by atoms with van der Waals surface area (Å²) in [6.07, 6.45) is 4.80. The second-order valence-corrected chi connectivity index (χ2v) is 7.07. The molecule has 154 valence electrons. The number of nitrogens with zero attached hydrogens (tertiary/aromatic N) is 2. The monoisotopic (exact) mass is 418 g/mol. The molecule has 0 spiro atoms. The molecule has 6 nitrogen and oxygen atoms in total. The first kappa shape index (κ1) is 25.6. The molecule has 1 aromatic rings. The average molecular weight is 419 g/mol. The number of carbonyl (C=O) groups excluding carboxylic acids is 2. The van der Waals surface area contributed by atoms with Gasteiger partial charge in [-0.15, -0.1) is 24.8 Å². The molecule has 0 aliphatic carbocycles. The molecule has 1 aromatic heterocycles. The van der Waals surface area contributed by atoms with Crippen molar-refractivity contribution in [2.45, 2.75) is 39.2 Å². The van der Waals surface area contributed by atoms with E-state index in [4.69, 9.17) is 0 Å². The van der Waals surface area contributed by atoms with Gasteiger partial charge in [-0.1, -0.05) is 19.9 Å². The van der Waals surface area contributed by atoms with Crippen molar-refractivity contribution in [3.05, 3.63) is 30.1 Å². The molecular weight excluding hydrogens is 387 g/mol. The van der Waals surface area contributed by atoms with Crippen molar-refractivity contribution in [3.8, 4) is 0 Å². The fourth-order valence-corrected chi connectivity index (χ4v) is 3.21. The van der Waals surface area contributed by atoms with Crippen LogP contribution in [0.15, 0.2) is 24.4 Å². The summed E-state index contributed by atoms with van der Waals surface area (Å²) in [6.45, 7) is 6.49. The van der Waals surface area contributed by atoms with Gasteiger partial charge in [0.2, 0.25) is 5.91 Å². The Morgan fingerprint density at radius 3 is 2.41 bits per heavy atom. The summed E-state index contributed by atoms with van der Waals surface area (Å²) >= 11 is 0. The molecule has 2 N–H and O–H groups in total. The third-order valence-corrected chi connectivity index (χ3v) is 4.85. The zero-order valence-corrected chi connectivity index (χ0v) is 17.9. The maximum absolute atomic E-state index is 12.9. The Hall–Kier alpha value is -1.37. The highest BCUT2D eigenvalue weighted by Crippen LogP contribution is 2.21. The number of carbonyl (C=O) groups is 2. The van der Waals surface area contributed by atoms with Crippen LogP contribution in [-0.4, -0.2) is 54.4 Å². The van der Waals surface area contributed by atoms with E-state index in [0.717, 1.165) is 38.9 Å². The van der Waals surface area contributed by atoms with Gasteiger partial charge in [0.25, 0.3) is 5.91 Å². The molecule has 2 rings (SSSR count). The number of piperidine rings is 1. The zero-order chi connectivity index (χ0) is 18.2. The lowest BCUT2D eigenvalue weighted by atomic mass is 9.92. The lowest BCUT2D eigenvalue weighted by molar-refractivity contribution is -0.135. The minimum Gasteiger partial charge on any atom is -0.341 e. The Labute approximate surface area is 174 Å². The minimum atomic E-state index is -0.511. The van der Waals surface area contributed by atoms with Crippen LogP contribution in [-0.2, 0) is 4.79 Å². The number of aromatic nitrogens is 1. The molecule has 1 saturated heterocycles. The van der Waals surface area contributed by atoms with Crippen molar-refractivity contribution >= 4 is 36.6 Å². The molecule has 1 aliphatic rings. The highest BCUT2D eigenvalue weighted by Gasteiger charge is 2.31. The summed E-state index contributed by atoms with van der Waals surface area (Å²) in [5, 5.41) is 6.06. The van der Waals surface area contributed by atoms with Crippen molar-refractivity contribution in [2.75, 3.05) is 26.7 Å². The highest BCUT2D eigenvalue weighted by molar-refractivity contribution is 5.96. The third-order valence-electron chi connectivity index (χ3n) is 4.85. The van der Waals surface area contributed by atoms with Crippen molar-refractivity contribution in [1.29, 1.82) is 0 Å². The van der Waals surface area contributed by atoms with E-state index in [1.54, 1.807) is 24.4 Å². The van der Waals surface area contributed by atoms with Crippen LogP contribution in [0.4, 0.5) is 0 Å². The summed E-state index contributed by atoms with van der Waals surface area (Å²) in [6, 6.07) is 4.68. The van der Waals surface area contributed by atoms with Crippen LogP contribution in [0.5, 0.6) is 0 Å². The van der Waals surface area contributed by atoms with Gasteiger partial charge in [0.05, 0.1) is 0 Å². The molecule has 0 saturated carbocycles. The Balaban J connectivity index is 0.00000338. The van der Waals surface area contributed by atoms with Gasteiger partial charge < -0.3 is 15.5 Å². The molecule has 0 radical (unpaired) electrons. The summed E-state index contributed by atoms with van der Waals surface area (Å²) in [7, 11) is 1.97. The van der Waals surface area contributed by atoms with E-state index < -0.39 is 6.04 Å². The summed E-state index contributed by atoms with van der Waals surface area (Å²) in [5.41, 5.74) is 0.340. The van der Waals surface area contributed by atoms with Gasteiger partial charge in [-0.05, 0) is 56.8 Å². The smallest absolute Gasteiger partial charge is 0.270 e. The quantitative estimate of drug-likeness (QED) is 0.713. The molecule has 1 unspecified atom stereocenters. The van der Waals surface area contributed by atoms with Gasteiger partial charge >= 0.3 is 0 Å². The second kappa shape index (κ2) is 12.9. The topological polar surface area (TPSA) is 74.3 Å². The van der Waals surface area contributed by atoms with Crippen LogP contribution in [0.1, 0.15) is 43.6 Å². The van der Waals surface area contributed by atoms with Crippen molar-refractivity contribution < 1.29 is 9.59 Å². The molecule has 2 heterocycles. The van der Waals surface area contributed by atoms with E-state index in [2.05, 4.69) is 15.6 Å². The first-order chi connectivity index (χ1) is 12.0. The number of halogens is 2. The molecular formula is C19H32Cl2N4O2. The number of likely N-dealkylation sites (tertiary alicyclic amines) is 1. The van der Waals surface area contributed by atoms with Gasteiger partial charge in [0, 0.05) is 19.3 Å². The fourth-order valence-electron chi connectivity index (χ4n) is 3.21. The highest BCUT2D eigenvalue weighted by atomic mass is 35.5. The maximum Gasteiger partial charge on any atom is 0.270 e. The Kier molecular flexibility index (Phi) is 12.3. The lowest BCUT2D eigenvalue weighted by Crippen LogP contribution is -2.53. The van der Waals surface area contributed by atoms with Gasteiger partial charge in [0.15, 0.2) is 0 Å². The molecule has 0 bridgehead atoms. The number of hydrogen-bond donors (Lipinski definition) is 2. The van der Waals surface area contributed by atoms with Crippen LogP contribution < -0.4 is 10.6 Å². The molecule has 1 fully saturated rings. The van der Waals surface area contributed by atoms with Crippen molar-refractivity contribution in [3.63, 3.8) is 0 Å². The molecule has 0 aromatic carbocycles. The van der Waals surface area contributed by atoms with E-state index >= 15 is 0 Å². The van der Waals surface area contributed by atoms with Crippen LogP contribution in [0.25, 0.3) is 0 Å². The van der Waals surface area contributed by atoms with E-state index in [9.17, 15) is 9.59 Å². The van der Waals surface area contributed by atoms with Gasteiger partial charge in [-0.2, -0.15) is 0 Å². The molecule has 1 aliphatic heterocycles. The minimum absolute atomic E-state index is 0.